The minimum atomic E-state index is -4.01. The van der Waals surface area contributed by atoms with Crippen LogP contribution in [0.3, 0.4) is 0 Å². The van der Waals surface area contributed by atoms with Crippen molar-refractivity contribution in [2.45, 2.75) is 24.0 Å². The smallest absolute Gasteiger partial charge is 0.408 e. The second-order valence-corrected chi connectivity index (χ2v) is 8.16. The normalized spacial score (nSPS) is 12.0. The third-order valence-electron chi connectivity index (χ3n) is 4.20. The van der Waals surface area contributed by atoms with E-state index in [2.05, 4.69) is 20.9 Å². The number of aromatic nitrogens is 2. The lowest BCUT2D eigenvalue weighted by Gasteiger charge is -2.18. The van der Waals surface area contributed by atoms with E-state index in [1.807, 2.05) is 29.1 Å². The zero-order valence-corrected chi connectivity index (χ0v) is 17.1. The summed E-state index contributed by atoms with van der Waals surface area (Å²) in [5.41, 5.74) is 3.68. The van der Waals surface area contributed by atoms with Gasteiger partial charge in [-0.25, -0.2) is 13.2 Å². The van der Waals surface area contributed by atoms with E-state index in [4.69, 9.17) is 4.74 Å². The van der Waals surface area contributed by atoms with Gasteiger partial charge in [0.1, 0.15) is 17.5 Å². The van der Waals surface area contributed by atoms with Crippen LogP contribution in [0.4, 0.5) is 4.79 Å². The van der Waals surface area contributed by atoms with Gasteiger partial charge in [0.05, 0.1) is 6.20 Å². The lowest BCUT2D eigenvalue weighted by molar-refractivity contribution is -0.123. The standard InChI is InChI=1S/C20H21N5O5S/c26-19(24-25-31(28,29)17-12-21-22-13-17)18(11-15-7-3-1-4-8-15)23-20(27)30-14-16-9-5-2-6-10-16/h1-10,12-13,18,25H,11,14H2,(H,21,22)(H,23,27)(H,24,26). The van der Waals surface area contributed by atoms with E-state index in [-0.39, 0.29) is 17.9 Å². The monoisotopic (exact) mass is 443 g/mol. The van der Waals surface area contributed by atoms with E-state index in [1.165, 1.54) is 0 Å². The summed E-state index contributed by atoms with van der Waals surface area (Å²) in [7, 11) is -4.01. The molecule has 2 amide bonds. The molecule has 162 valence electrons. The number of ether oxygens (including phenoxy) is 1. The van der Waals surface area contributed by atoms with Crippen LogP contribution in [0, 0.1) is 0 Å². The van der Waals surface area contributed by atoms with Crippen molar-refractivity contribution in [3.8, 4) is 0 Å². The van der Waals surface area contributed by atoms with Gasteiger partial charge in [0.15, 0.2) is 0 Å². The Hall–Kier alpha value is -3.70. The Morgan fingerprint density at radius 1 is 1.00 bits per heavy atom. The van der Waals surface area contributed by atoms with Gasteiger partial charge >= 0.3 is 6.09 Å². The Morgan fingerprint density at radius 3 is 2.26 bits per heavy atom. The van der Waals surface area contributed by atoms with Gasteiger partial charge in [0.2, 0.25) is 0 Å². The van der Waals surface area contributed by atoms with Crippen molar-refractivity contribution in [3.05, 3.63) is 84.2 Å². The van der Waals surface area contributed by atoms with Crippen LogP contribution in [0.5, 0.6) is 0 Å². The molecule has 10 nitrogen and oxygen atoms in total. The first-order valence-corrected chi connectivity index (χ1v) is 10.7. The summed E-state index contributed by atoms with van der Waals surface area (Å²) in [6.07, 6.45) is 1.57. The lowest BCUT2D eigenvalue weighted by Crippen LogP contribution is -2.53. The van der Waals surface area contributed by atoms with E-state index in [0.29, 0.717) is 0 Å². The third-order valence-corrected chi connectivity index (χ3v) is 5.41. The molecule has 1 atom stereocenters. The second-order valence-electron chi connectivity index (χ2n) is 6.48. The van der Waals surface area contributed by atoms with Crippen molar-refractivity contribution in [1.29, 1.82) is 0 Å². The molecule has 1 aromatic heterocycles. The molecule has 11 heteroatoms. The maximum atomic E-state index is 12.6. The molecule has 2 aromatic carbocycles. The van der Waals surface area contributed by atoms with Crippen LogP contribution in [0.15, 0.2) is 78.0 Å². The van der Waals surface area contributed by atoms with Crippen molar-refractivity contribution in [2.75, 3.05) is 0 Å². The van der Waals surface area contributed by atoms with Crippen LogP contribution in [-0.4, -0.2) is 36.7 Å². The molecule has 3 rings (SSSR count). The molecule has 0 aliphatic rings. The minimum Gasteiger partial charge on any atom is -0.445 e. The van der Waals surface area contributed by atoms with Gasteiger partial charge < -0.3 is 10.1 Å². The maximum absolute atomic E-state index is 12.6. The van der Waals surface area contributed by atoms with E-state index >= 15 is 0 Å². The maximum Gasteiger partial charge on any atom is 0.408 e. The number of carbonyl (C=O) groups excluding carboxylic acids is 2. The fourth-order valence-electron chi connectivity index (χ4n) is 2.62. The first-order chi connectivity index (χ1) is 14.9. The number of benzene rings is 2. The van der Waals surface area contributed by atoms with Crippen molar-refractivity contribution < 1.29 is 22.7 Å². The van der Waals surface area contributed by atoms with Gasteiger partial charge in [-0.1, -0.05) is 60.7 Å². The Labute approximate surface area is 179 Å². The summed E-state index contributed by atoms with van der Waals surface area (Å²) in [5.74, 6) is -0.757. The molecule has 0 aliphatic heterocycles. The average Bonchev–Trinajstić information content (AvgIpc) is 3.33. The molecule has 0 bridgehead atoms. The van der Waals surface area contributed by atoms with E-state index in [0.717, 1.165) is 23.5 Å². The van der Waals surface area contributed by atoms with Crippen LogP contribution in [0.1, 0.15) is 11.1 Å². The number of alkyl carbamates (subject to hydrolysis) is 1. The third kappa shape index (κ3) is 6.66. The molecule has 4 N–H and O–H groups in total. The number of carbonyl (C=O) groups is 2. The highest BCUT2D eigenvalue weighted by Gasteiger charge is 2.24. The molecule has 3 aromatic rings. The Balaban J connectivity index is 1.63. The molecule has 0 aliphatic carbocycles. The van der Waals surface area contributed by atoms with Crippen molar-refractivity contribution in [2.24, 2.45) is 0 Å². The van der Waals surface area contributed by atoms with Crippen LogP contribution >= 0.6 is 0 Å². The van der Waals surface area contributed by atoms with Crippen LogP contribution in [-0.2, 0) is 32.6 Å². The van der Waals surface area contributed by atoms with E-state index in [1.54, 1.807) is 36.4 Å². The number of hydrogen-bond donors (Lipinski definition) is 4. The molecule has 31 heavy (non-hydrogen) atoms. The first-order valence-electron chi connectivity index (χ1n) is 9.25. The van der Waals surface area contributed by atoms with Crippen molar-refractivity contribution in [1.82, 2.24) is 25.8 Å². The summed E-state index contributed by atoms with van der Waals surface area (Å²) < 4.78 is 29.5. The molecule has 0 saturated carbocycles. The summed E-state index contributed by atoms with van der Waals surface area (Å²) >= 11 is 0. The molecular weight excluding hydrogens is 422 g/mol. The predicted octanol–water partition coefficient (Wildman–Crippen LogP) is 1.26. The van der Waals surface area contributed by atoms with Gasteiger partial charge in [-0.15, -0.1) is 4.83 Å². The molecule has 0 fully saturated rings. The quantitative estimate of drug-likeness (QED) is 0.367. The van der Waals surface area contributed by atoms with Gasteiger partial charge in [-0.05, 0) is 11.1 Å². The van der Waals surface area contributed by atoms with Crippen LogP contribution < -0.4 is 15.6 Å². The van der Waals surface area contributed by atoms with Gasteiger partial charge in [0, 0.05) is 12.6 Å². The number of rotatable bonds is 9. The Morgan fingerprint density at radius 2 is 1.65 bits per heavy atom. The number of nitrogens with zero attached hydrogens (tertiary/aromatic N) is 1. The molecule has 0 spiro atoms. The fourth-order valence-corrected chi connectivity index (χ4v) is 3.37. The van der Waals surface area contributed by atoms with Crippen LogP contribution in [0.2, 0.25) is 0 Å². The highest BCUT2D eigenvalue weighted by molar-refractivity contribution is 7.89. The zero-order valence-electron chi connectivity index (χ0n) is 16.3. The van der Waals surface area contributed by atoms with Gasteiger partial charge in [-0.2, -0.15) is 5.10 Å². The largest absolute Gasteiger partial charge is 0.445 e. The fraction of sp³-hybridized carbons (Fsp3) is 0.150. The highest BCUT2D eigenvalue weighted by atomic mass is 32.2. The van der Waals surface area contributed by atoms with Crippen molar-refractivity contribution >= 4 is 22.0 Å². The molecule has 0 saturated heterocycles. The molecule has 1 heterocycles. The number of H-pyrrole nitrogens is 1. The number of nitrogens with one attached hydrogen (secondary N) is 4. The highest BCUT2D eigenvalue weighted by Crippen LogP contribution is 2.06. The molecule has 1 unspecified atom stereocenters. The topological polar surface area (TPSA) is 142 Å². The summed E-state index contributed by atoms with van der Waals surface area (Å²) in [6, 6.07) is 16.9. The summed E-state index contributed by atoms with van der Waals surface area (Å²) in [5, 5.41) is 8.42. The SMILES string of the molecule is O=C(NC(Cc1ccccc1)C(=O)NNS(=O)(=O)c1cn[nH]c1)OCc1ccccc1. The molecule has 0 radical (unpaired) electrons. The van der Waals surface area contributed by atoms with Crippen LogP contribution in [0.25, 0.3) is 0 Å². The van der Waals surface area contributed by atoms with Gasteiger partial charge in [-0.3, -0.25) is 15.3 Å². The molecular formula is C20H21N5O5S. The predicted molar refractivity (Wildman–Crippen MR) is 111 cm³/mol. The van der Waals surface area contributed by atoms with Gasteiger partial charge in [0.25, 0.3) is 15.9 Å². The van der Waals surface area contributed by atoms with Crippen molar-refractivity contribution in [3.63, 3.8) is 0 Å². The first kappa shape index (κ1) is 22.0. The lowest BCUT2D eigenvalue weighted by atomic mass is 10.1. The Bertz CT molecular complexity index is 1090. The number of aromatic amines is 1. The zero-order chi connectivity index (χ0) is 22.1. The Kier molecular flexibility index (Phi) is 7.35. The second kappa shape index (κ2) is 10.4. The number of hydrogen-bond acceptors (Lipinski definition) is 6. The average molecular weight is 443 g/mol. The number of amides is 2. The van der Waals surface area contributed by atoms with E-state index < -0.39 is 28.1 Å². The summed E-state index contributed by atoms with van der Waals surface area (Å²) in [4.78, 5) is 26.7. The minimum absolute atomic E-state index is 0.0273. The number of sulfonamides is 1. The van der Waals surface area contributed by atoms with E-state index in [9.17, 15) is 18.0 Å². The number of hydrazine groups is 1. The summed E-state index contributed by atoms with van der Waals surface area (Å²) in [6.45, 7) is 0.0273.